The Kier molecular flexibility index (Phi) is 7.40. The van der Waals surface area contributed by atoms with E-state index in [0.29, 0.717) is 0 Å². The maximum absolute atomic E-state index is 5.51. The summed E-state index contributed by atoms with van der Waals surface area (Å²) in [4.78, 5) is 4.98. The molecule has 0 amide bonds. The minimum atomic E-state index is 0.881. The zero-order chi connectivity index (χ0) is 21.3. The zero-order valence-electron chi connectivity index (χ0n) is 18.2. The Hall–Kier alpha value is -3.05. The van der Waals surface area contributed by atoms with Crippen LogP contribution in [-0.2, 0) is 6.42 Å². The predicted molar refractivity (Wildman–Crippen MR) is 126 cm³/mol. The number of para-hydroxylation sites is 2. The van der Waals surface area contributed by atoms with E-state index in [1.165, 1.54) is 12.1 Å². The van der Waals surface area contributed by atoms with Gasteiger partial charge in [0, 0.05) is 38.7 Å². The van der Waals surface area contributed by atoms with Crippen LogP contribution in [0.1, 0.15) is 29.9 Å². The Balaban J connectivity index is 1.16. The summed E-state index contributed by atoms with van der Waals surface area (Å²) < 4.78 is 11.0. The highest BCUT2D eigenvalue weighted by Gasteiger charge is 2.19. The summed E-state index contributed by atoms with van der Waals surface area (Å²) in [5.41, 5.74) is 3.25. The van der Waals surface area contributed by atoms with E-state index in [2.05, 4.69) is 45.3 Å². The first-order valence-corrected chi connectivity index (χ1v) is 11.1. The number of hydrogen-bond donors (Lipinski definition) is 0. The van der Waals surface area contributed by atoms with Crippen LogP contribution in [0.3, 0.4) is 0 Å². The van der Waals surface area contributed by atoms with Crippen molar-refractivity contribution >= 4 is 17.8 Å². The summed E-state index contributed by atoms with van der Waals surface area (Å²) in [5, 5.41) is 4.16. The van der Waals surface area contributed by atoms with E-state index >= 15 is 0 Å². The minimum absolute atomic E-state index is 0.881. The topological polar surface area (TPSA) is 41.7 Å². The smallest absolute Gasteiger partial charge is 0.142 e. The number of hydrogen-bond acceptors (Lipinski definition) is 5. The van der Waals surface area contributed by atoms with Crippen molar-refractivity contribution in [3.8, 4) is 5.75 Å². The van der Waals surface area contributed by atoms with Crippen LogP contribution >= 0.6 is 0 Å². The fourth-order valence-electron chi connectivity index (χ4n) is 4.01. The van der Waals surface area contributed by atoms with Crippen LogP contribution in [0, 0.1) is 0 Å². The average molecular weight is 418 g/mol. The molecule has 1 saturated heterocycles. The van der Waals surface area contributed by atoms with Crippen molar-refractivity contribution in [1.82, 2.24) is 10.1 Å². The minimum Gasteiger partial charge on any atom is -0.495 e. The Bertz CT molecular complexity index is 960. The number of rotatable bonds is 9. The Morgan fingerprint density at radius 2 is 1.71 bits per heavy atom. The third-order valence-corrected chi connectivity index (χ3v) is 5.77. The lowest BCUT2D eigenvalue weighted by atomic mass is 10.1. The van der Waals surface area contributed by atoms with Gasteiger partial charge < -0.3 is 14.2 Å². The van der Waals surface area contributed by atoms with Crippen molar-refractivity contribution in [2.75, 3.05) is 44.7 Å². The van der Waals surface area contributed by atoms with Gasteiger partial charge in [-0.05, 0) is 43.2 Å². The van der Waals surface area contributed by atoms with Crippen LogP contribution in [0.5, 0.6) is 5.75 Å². The second kappa shape index (κ2) is 10.8. The fourth-order valence-corrected chi connectivity index (χ4v) is 4.01. The normalized spacial score (nSPS) is 14.9. The third kappa shape index (κ3) is 5.98. The molecule has 0 radical (unpaired) electrons. The standard InChI is InChI=1S/C26H31N3O2/c1-30-26-13-6-5-12-25(26)29-19-17-28(18-20-29)16-8-7-11-24-21-23(27-31-24)15-14-22-9-3-2-4-10-22/h2-6,9-10,12-15,21H,7-8,11,16-20H2,1H3. The molecule has 1 aliphatic rings. The Morgan fingerprint density at radius 1 is 0.935 bits per heavy atom. The van der Waals surface area contributed by atoms with Gasteiger partial charge in [-0.25, -0.2) is 0 Å². The first-order valence-electron chi connectivity index (χ1n) is 11.1. The fraction of sp³-hybridized carbons (Fsp3) is 0.346. The third-order valence-electron chi connectivity index (χ3n) is 5.77. The highest BCUT2D eigenvalue weighted by atomic mass is 16.5. The number of aryl methyl sites for hydroxylation is 1. The molecule has 1 fully saturated rings. The quantitative estimate of drug-likeness (QED) is 0.459. The molecule has 1 aromatic heterocycles. The van der Waals surface area contributed by atoms with Gasteiger partial charge in [-0.3, -0.25) is 4.90 Å². The molecule has 0 spiro atoms. The van der Waals surface area contributed by atoms with Gasteiger partial charge in [-0.15, -0.1) is 0 Å². The number of piperazine rings is 1. The second-order valence-electron chi connectivity index (χ2n) is 7.92. The number of ether oxygens (including phenoxy) is 1. The van der Waals surface area contributed by atoms with Crippen LogP contribution in [0.2, 0.25) is 0 Å². The highest BCUT2D eigenvalue weighted by Crippen LogP contribution is 2.28. The van der Waals surface area contributed by atoms with Crippen LogP contribution in [-0.4, -0.2) is 49.9 Å². The first kappa shape index (κ1) is 21.2. The predicted octanol–water partition coefficient (Wildman–Crippen LogP) is 5.00. The average Bonchev–Trinajstić information content (AvgIpc) is 3.29. The van der Waals surface area contributed by atoms with Gasteiger partial charge in [0.1, 0.15) is 17.2 Å². The summed E-state index contributed by atoms with van der Waals surface area (Å²) in [7, 11) is 1.74. The van der Waals surface area contributed by atoms with Gasteiger partial charge in [-0.2, -0.15) is 0 Å². The number of aromatic nitrogens is 1. The van der Waals surface area contributed by atoms with E-state index in [1.54, 1.807) is 7.11 Å². The maximum atomic E-state index is 5.51. The molecule has 0 bridgehead atoms. The molecule has 0 aliphatic carbocycles. The van der Waals surface area contributed by atoms with Crippen molar-refractivity contribution in [2.45, 2.75) is 19.3 Å². The van der Waals surface area contributed by atoms with Crippen molar-refractivity contribution < 1.29 is 9.26 Å². The molecular weight excluding hydrogens is 386 g/mol. The van der Waals surface area contributed by atoms with Gasteiger partial charge in [0.2, 0.25) is 0 Å². The summed E-state index contributed by atoms with van der Waals surface area (Å²) in [6, 6.07) is 20.6. The van der Waals surface area contributed by atoms with Crippen molar-refractivity contribution in [3.05, 3.63) is 77.7 Å². The molecule has 0 unspecified atom stereocenters. The summed E-state index contributed by atoms with van der Waals surface area (Å²) >= 11 is 0. The molecule has 31 heavy (non-hydrogen) atoms. The van der Waals surface area contributed by atoms with E-state index in [9.17, 15) is 0 Å². The molecule has 162 valence electrons. The first-order chi connectivity index (χ1) is 15.3. The number of unbranched alkanes of at least 4 members (excludes halogenated alkanes) is 1. The van der Waals surface area contributed by atoms with Gasteiger partial charge in [0.05, 0.1) is 12.8 Å². The Labute approximate surface area is 184 Å². The van der Waals surface area contributed by atoms with Gasteiger partial charge in [0.25, 0.3) is 0 Å². The molecule has 4 rings (SSSR count). The molecule has 0 saturated carbocycles. The maximum Gasteiger partial charge on any atom is 0.142 e. The lowest BCUT2D eigenvalue weighted by Gasteiger charge is -2.36. The summed E-state index contributed by atoms with van der Waals surface area (Å²) in [5.74, 6) is 1.93. The van der Waals surface area contributed by atoms with Crippen molar-refractivity contribution in [3.63, 3.8) is 0 Å². The molecule has 5 nitrogen and oxygen atoms in total. The van der Waals surface area contributed by atoms with E-state index in [0.717, 1.165) is 68.3 Å². The number of benzene rings is 2. The molecule has 3 aromatic rings. The van der Waals surface area contributed by atoms with Crippen LogP contribution in [0.15, 0.2) is 65.2 Å². The van der Waals surface area contributed by atoms with Gasteiger partial charge in [0.15, 0.2) is 0 Å². The monoisotopic (exact) mass is 417 g/mol. The van der Waals surface area contributed by atoms with Gasteiger partial charge >= 0.3 is 0 Å². The second-order valence-corrected chi connectivity index (χ2v) is 7.92. The summed E-state index contributed by atoms with van der Waals surface area (Å²) in [6.45, 7) is 5.40. The lowest BCUT2D eigenvalue weighted by Crippen LogP contribution is -2.46. The van der Waals surface area contributed by atoms with E-state index in [4.69, 9.17) is 9.26 Å². The summed E-state index contributed by atoms with van der Waals surface area (Å²) in [6.07, 6.45) is 7.29. The van der Waals surface area contributed by atoms with E-state index in [-0.39, 0.29) is 0 Å². The van der Waals surface area contributed by atoms with E-state index < -0.39 is 0 Å². The zero-order valence-corrected chi connectivity index (χ0v) is 18.2. The SMILES string of the molecule is COc1ccccc1N1CCN(CCCCc2cc(C=Cc3ccccc3)no2)CC1. The number of nitrogens with zero attached hydrogens (tertiary/aromatic N) is 3. The van der Waals surface area contributed by atoms with Crippen molar-refractivity contribution in [1.29, 1.82) is 0 Å². The molecule has 1 aliphatic heterocycles. The number of anilines is 1. The molecule has 2 aromatic carbocycles. The number of methoxy groups -OCH3 is 1. The molecule has 0 atom stereocenters. The van der Waals surface area contributed by atoms with Crippen LogP contribution < -0.4 is 9.64 Å². The van der Waals surface area contributed by atoms with Crippen molar-refractivity contribution in [2.24, 2.45) is 0 Å². The van der Waals surface area contributed by atoms with Gasteiger partial charge in [-0.1, -0.05) is 53.7 Å². The molecule has 5 heteroatoms. The highest BCUT2D eigenvalue weighted by molar-refractivity contribution is 5.67. The van der Waals surface area contributed by atoms with E-state index in [1.807, 2.05) is 42.5 Å². The van der Waals surface area contributed by atoms with Crippen LogP contribution in [0.4, 0.5) is 5.69 Å². The Morgan fingerprint density at radius 3 is 2.52 bits per heavy atom. The van der Waals surface area contributed by atoms with Crippen LogP contribution in [0.25, 0.3) is 12.2 Å². The largest absolute Gasteiger partial charge is 0.495 e. The molecule has 0 N–H and O–H groups in total. The lowest BCUT2D eigenvalue weighted by molar-refractivity contribution is 0.251. The molecular formula is C26H31N3O2. The molecule has 2 heterocycles.